The summed E-state index contributed by atoms with van der Waals surface area (Å²) in [6.45, 7) is 7.36. The zero-order valence-corrected chi connectivity index (χ0v) is 20.7. The first-order valence-corrected chi connectivity index (χ1v) is 13.4. The molecule has 1 heterocycles. The van der Waals surface area contributed by atoms with Crippen LogP contribution in [0.1, 0.15) is 49.8 Å². The van der Waals surface area contributed by atoms with Crippen LogP contribution < -0.4 is 10.1 Å². The van der Waals surface area contributed by atoms with E-state index in [0.717, 1.165) is 29.7 Å². The van der Waals surface area contributed by atoms with Crippen LogP contribution in [0.3, 0.4) is 0 Å². The largest absolute Gasteiger partial charge is 0.491 e. The minimum Gasteiger partial charge on any atom is -0.491 e. The average Bonchev–Trinajstić information content (AvgIpc) is 2.79. The van der Waals surface area contributed by atoms with Crippen LogP contribution in [0.4, 0.5) is 0 Å². The first kappa shape index (κ1) is 25.2. The van der Waals surface area contributed by atoms with E-state index in [-0.39, 0.29) is 23.7 Å². The number of ether oxygens (including phenoxy) is 1. The van der Waals surface area contributed by atoms with Crippen LogP contribution >= 0.6 is 0 Å². The molecule has 180 valence electrons. The van der Waals surface area contributed by atoms with E-state index < -0.39 is 10.0 Å². The lowest BCUT2D eigenvalue weighted by Crippen LogP contribution is -2.43. The van der Waals surface area contributed by atoms with Gasteiger partial charge in [0.05, 0.1) is 11.9 Å². The minimum absolute atomic E-state index is 0.0150. The third-order valence-electron chi connectivity index (χ3n) is 6.05. The molecule has 1 saturated heterocycles. The van der Waals surface area contributed by atoms with Crippen LogP contribution in [-0.4, -0.2) is 44.4 Å². The van der Waals surface area contributed by atoms with E-state index >= 15 is 0 Å². The molecule has 1 aliphatic heterocycles. The van der Waals surface area contributed by atoms with Crippen molar-refractivity contribution in [2.45, 2.75) is 58.3 Å². The molecule has 0 atom stereocenters. The van der Waals surface area contributed by atoms with Gasteiger partial charge in [-0.05, 0) is 75.3 Å². The molecule has 7 heteroatoms. The van der Waals surface area contributed by atoms with Crippen LogP contribution in [0.2, 0.25) is 0 Å². The highest BCUT2D eigenvalue weighted by molar-refractivity contribution is 7.88. The summed E-state index contributed by atoms with van der Waals surface area (Å²) < 4.78 is 32.8. The van der Waals surface area contributed by atoms with Gasteiger partial charge in [-0.1, -0.05) is 36.4 Å². The van der Waals surface area contributed by atoms with Gasteiger partial charge in [0.1, 0.15) is 5.75 Å². The normalized spacial score (nSPS) is 15.5. The summed E-state index contributed by atoms with van der Waals surface area (Å²) in [5, 5.41) is 3.03. The topological polar surface area (TPSA) is 75.7 Å². The molecule has 2 aromatic carbocycles. The molecule has 1 aliphatic rings. The quantitative estimate of drug-likeness (QED) is 0.529. The standard InChI is InChI=1S/C26H36N2O4S/c1-20(2)32-25-12-10-22(11-13-25)8-6-16-27-26(29)23-14-17-28(18-15-23)33(30,31)19-24-9-5-4-7-21(24)3/h4-5,7,9-13,20,23H,6,8,14-19H2,1-3H3,(H,27,29). The Balaban J connectivity index is 1.38. The Labute approximate surface area is 198 Å². The summed E-state index contributed by atoms with van der Waals surface area (Å²) in [6.07, 6.45) is 3.04. The van der Waals surface area contributed by atoms with Crippen LogP contribution in [0.15, 0.2) is 48.5 Å². The summed E-state index contributed by atoms with van der Waals surface area (Å²) in [4.78, 5) is 12.6. The minimum atomic E-state index is -3.38. The fourth-order valence-electron chi connectivity index (χ4n) is 4.11. The van der Waals surface area contributed by atoms with Crippen molar-refractivity contribution < 1.29 is 17.9 Å². The van der Waals surface area contributed by atoms with Gasteiger partial charge in [-0.15, -0.1) is 0 Å². The molecule has 1 N–H and O–H groups in total. The van der Waals surface area contributed by atoms with E-state index in [4.69, 9.17) is 4.74 Å². The molecule has 0 saturated carbocycles. The van der Waals surface area contributed by atoms with Gasteiger partial charge in [0.2, 0.25) is 15.9 Å². The summed E-state index contributed by atoms with van der Waals surface area (Å²) in [6, 6.07) is 15.7. The molecule has 2 aromatic rings. The van der Waals surface area contributed by atoms with Gasteiger partial charge in [-0.2, -0.15) is 0 Å². The number of nitrogens with one attached hydrogen (secondary N) is 1. The van der Waals surface area contributed by atoms with Gasteiger partial charge >= 0.3 is 0 Å². The van der Waals surface area contributed by atoms with Gasteiger partial charge in [-0.3, -0.25) is 4.79 Å². The number of carbonyl (C=O) groups excluding carboxylic acids is 1. The molecular weight excluding hydrogens is 436 g/mol. The number of carbonyl (C=O) groups is 1. The number of aryl methyl sites for hydroxylation is 2. The summed E-state index contributed by atoms with van der Waals surface area (Å²) >= 11 is 0. The van der Waals surface area contributed by atoms with E-state index in [1.54, 1.807) is 0 Å². The van der Waals surface area contributed by atoms with Crippen molar-refractivity contribution in [1.82, 2.24) is 9.62 Å². The lowest BCUT2D eigenvalue weighted by Gasteiger charge is -2.30. The highest BCUT2D eigenvalue weighted by Crippen LogP contribution is 2.23. The molecule has 3 rings (SSSR count). The predicted molar refractivity (Wildman–Crippen MR) is 132 cm³/mol. The second-order valence-corrected chi connectivity index (χ2v) is 11.0. The highest BCUT2D eigenvalue weighted by Gasteiger charge is 2.31. The van der Waals surface area contributed by atoms with Crippen molar-refractivity contribution in [2.24, 2.45) is 5.92 Å². The van der Waals surface area contributed by atoms with E-state index in [0.29, 0.717) is 32.5 Å². The summed E-state index contributed by atoms with van der Waals surface area (Å²) in [7, 11) is -3.38. The average molecular weight is 473 g/mol. The van der Waals surface area contributed by atoms with Crippen molar-refractivity contribution in [2.75, 3.05) is 19.6 Å². The maximum absolute atomic E-state index is 12.8. The van der Waals surface area contributed by atoms with E-state index in [1.807, 2.05) is 57.2 Å². The predicted octanol–water partition coefficient (Wildman–Crippen LogP) is 4.07. The van der Waals surface area contributed by atoms with Gasteiger partial charge in [0, 0.05) is 25.6 Å². The van der Waals surface area contributed by atoms with Crippen LogP contribution in [0.25, 0.3) is 0 Å². The van der Waals surface area contributed by atoms with Crippen LogP contribution in [0, 0.1) is 12.8 Å². The molecule has 0 aromatic heterocycles. The Kier molecular flexibility index (Phi) is 8.92. The molecule has 0 aliphatic carbocycles. The second-order valence-electron chi connectivity index (χ2n) is 9.06. The molecule has 6 nitrogen and oxygen atoms in total. The van der Waals surface area contributed by atoms with Crippen LogP contribution in [0.5, 0.6) is 5.75 Å². The third-order valence-corrected chi connectivity index (χ3v) is 7.88. The third kappa shape index (κ3) is 7.57. The molecule has 0 radical (unpaired) electrons. The lowest BCUT2D eigenvalue weighted by molar-refractivity contribution is -0.126. The fourth-order valence-corrected chi connectivity index (χ4v) is 5.78. The number of hydrogen-bond acceptors (Lipinski definition) is 4. The van der Waals surface area contributed by atoms with Crippen molar-refractivity contribution >= 4 is 15.9 Å². The second kappa shape index (κ2) is 11.7. The van der Waals surface area contributed by atoms with E-state index in [2.05, 4.69) is 17.4 Å². The first-order chi connectivity index (χ1) is 15.7. The number of hydrogen-bond donors (Lipinski definition) is 1. The van der Waals surface area contributed by atoms with Crippen molar-refractivity contribution in [3.8, 4) is 5.75 Å². The first-order valence-electron chi connectivity index (χ1n) is 11.8. The SMILES string of the molecule is Cc1ccccc1CS(=O)(=O)N1CCC(C(=O)NCCCc2ccc(OC(C)C)cc2)CC1. The van der Waals surface area contributed by atoms with Crippen LogP contribution in [-0.2, 0) is 27.0 Å². The Hall–Kier alpha value is -2.38. The number of rotatable bonds is 10. The van der Waals surface area contributed by atoms with Crippen molar-refractivity contribution in [1.29, 1.82) is 0 Å². The van der Waals surface area contributed by atoms with Crippen molar-refractivity contribution in [3.05, 3.63) is 65.2 Å². The number of amides is 1. The maximum Gasteiger partial charge on any atom is 0.223 e. The fraction of sp³-hybridized carbons (Fsp3) is 0.500. The smallest absolute Gasteiger partial charge is 0.223 e. The number of benzene rings is 2. The Morgan fingerprint density at radius 2 is 1.76 bits per heavy atom. The highest BCUT2D eigenvalue weighted by atomic mass is 32.2. The van der Waals surface area contributed by atoms with E-state index in [1.165, 1.54) is 9.87 Å². The molecule has 33 heavy (non-hydrogen) atoms. The van der Waals surface area contributed by atoms with Gasteiger partial charge < -0.3 is 10.1 Å². The van der Waals surface area contributed by atoms with E-state index in [9.17, 15) is 13.2 Å². The zero-order valence-electron chi connectivity index (χ0n) is 19.9. The maximum atomic E-state index is 12.8. The molecule has 0 spiro atoms. The molecule has 0 unspecified atom stereocenters. The number of nitrogens with zero attached hydrogens (tertiary/aromatic N) is 1. The Bertz CT molecular complexity index is 1010. The van der Waals surface area contributed by atoms with Gasteiger partial charge in [0.15, 0.2) is 0 Å². The lowest BCUT2D eigenvalue weighted by atomic mass is 9.97. The number of sulfonamides is 1. The zero-order chi connectivity index (χ0) is 23.8. The number of piperidine rings is 1. The Morgan fingerprint density at radius 1 is 1.09 bits per heavy atom. The molecular formula is C26H36N2O4S. The Morgan fingerprint density at radius 3 is 2.39 bits per heavy atom. The summed E-state index contributed by atoms with van der Waals surface area (Å²) in [5.41, 5.74) is 3.03. The monoisotopic (exact) mass is 472 g/mol. The van der Waals surface area contributed by atoms with Gasteiger partial charge in [-0.25, -0.2) is 12.7 Å². The summed E-state index contributed by atoms with van der Waals surface area (Å²) in [5.74, 6) is 0.796. The molecule has 0 bridgehead atoms. The molecule has 1 amide bonds. The molecule has 1 fully saturated rings. The van der Waals surface area contributed by atoms with Crippen molar-refractivity contribution in [3.63, 3.8) is 0 Å². The van der Waals surface area contributed by atoms with Gasteiger partial charge in [0.25, 0.3) is 0 Å².